The molecule has 2 amide bonds. The predicted molar refractivity (Wildman–Crippen MR) is 177 cm³/mol. The van der Waals surface area contributed by atoms with Gasteiger partial charge in [0.05, 0.1) is 18.2 Å². The van der Waals surface area contributed by atoms with Crippen LogP contribution in [0.15, 0.2) is 36.9 Å². The molecule has 0 atom stereocenters. The second-order valence-electron chi connectivity index (χ2n) is 9.26. The Bertz CT molecular complexity index is 886. The lowest BCUT2D eigenvalue weighted by Gasteiger charge is -2.18. The number of anilines is 1. The Labute approximate surface area is 259 Å². The number of thioether (sulfide) groups is 1. The molecule has 238 valence electrons. The van der Waals surface area contributed by atoms with E-state index in [2.05, 4.69) is 71.9 Å². The second-order valence-corrected chi connectivity index (χ2v) is 10.1. The molecular formula is C32H55N5O4S. The van der Waals surface area contributed by atoms with E-state index in [0.717, 1.165) is 52.0 Å². The van der Waals surface area contributed by atoms with E-state index >= 15 is 0 Å². The predicted octanol–water partition coefficient (Wildman–Crippen LogP) is 5.14. The van der Waals surface area contributed by atoms with Crippen LogP contribution in [0.25, 0.3) is 0 Å². The molecule has 0 fully saturated rings. The average molecular weight is 606 g/mol. The van der Waals surface area contributed by atoms with Gasteiger partial charge in [-0.05, 0) is 63.2 Å². The van der Waals surface area contributed by atoms with Gasteiger partial charge in [-0.25, -0.2) is 0 Å². The molecular weight excluding hydrogens is 550 g/mol. The number of rotatable bonds is 19. The number of hydrogen-bond donors (Lipinski definition) is 2. The van der Waals surface area contributed by atoms with Crippen molar-refractivity contribution in [2.75, 3.05) is 69.7 Å². The molecule has 0 aromatic heterocycles. The van der Waals surface area contributed by atoms with Crippen LogP contribution in [-0.2, 0) is 25.5 Å². The maximum atomic E-state index is 11.8. The van der Waals surface area contributed by atoms with Gasteiger partial charge in [-0.1, -0.05) is 45.6 Å². The molecule has 9 nitrogen and oxygen atoms in total. The summed E-state index contributed by atoms with van der Waals surface area (Å²) in [5.41, 5.74) is 2.47. The molecule has 0 aliphatic rings. The highest BCUT2D eigenvalue weighted by Gasteiger charge is 2.09. The Balaban J connectivity index is 0. The van der Waals surface area contributed by atoms with Gasteiger partial charge in [0, 0.05) is 51.8 Å². The fourth-order valence-corrected chi connectivity index (χ4v) is 3.96. The third kappa shape index (κ3) is 24.7. The summed E-state index contributed by atoms with van der Waals surface area (Å²) in [6, 6.07) is 10.6. The maximum Gasteiger partial charge on any atom is 0.302 e. The molecule has 1 aromatic rings. The van der Waals surface area contributed by atoms with Crippen LogP contribution in [0.4, 0.5) is 5.69 Å². The number of esters is 1. The van der Waals surface area contributed by atoms with Crippen molar-refractivity contribution < 1.29 is 19.1 Å². The number of aryl methyl sites for hydroxylation is 1. The molecule has 0 spiro atoms. The number of ether oxygens (including phenoxy) is 1. The maximum absolute atomic E-state index is 11.8. The van der Waals surface area contributed by atoms with Crippen LogP contribution in [0.5, 0.6) is 0 Å². The van der Waals surface area contributed by atoms with E-state index in [1.807, 2.05) is 19.2 Å². The summed E-state index contributed by atoms with van der Waals surface area (Å²) < 4.78 is 4.43. The fraction of sp³-hybridized carbons (Fsp3) is 0.625. The number of likely N-dealkylation sites (N-methyl/N-ethyl adjacent to an activating group) is 1. The monoisotopic (exact) mass is 605 g/mol. The summed E-state index contributed by atoms with van der Waals surface area (Å²) in [6.07, 6.45) is 7.45. The molecule has 42 heavy (non-hydrogen) atoms. The summed E-state index contributed by atoms with van der Waals surface area (Å²) in [7, 11) is 0. The third-order valence-corrected chi connectivity index (χ3v) is 6.48. The number of nitriles is 1. The van der Waals surface area contributed by atoms with Gasteiger partial charge in [0.1, 0.15) is 6.61 Å². The Morgan fingerprint density at radius 1 is 1.05 bits per heavy atom. The largest absolute Gasteiger partial charge is 0.462 e. The summed E-state index contributed by atoms with van der Waals surface area (Å²) in [5, 5.41) is 14.7. The van der Waals surface area contributed by atoms with E-state index in [-0.39, 0.29) is 17.8 Å². The van der Waals surface area contributed by atoms with Crippen molar-refractivity contribution in [3.05, 3.63) is 42.5 Å². The lowest BCUT2D eigenvalue weighted by atomic mass is 10.1. The highest BCUT2D eigenvalue weighted by molar-refractivity contribution is 7.99. The normalized spacial score (nSPS) is 9.76. The Kier molecular flexibility index (Phi) is 28.8. The lowest BCUT2D eigenvalue weighted by molar-refractivity contribution is -0.139. The van der Waals surface area contributed by atoms with Gasteiger partial charge >= 0.3 is 5.97 Å². The smallest absolute Gasteiger partial charge is 0.302 e. The summed E-state index contributed by atoms with van der Waals surface area (Å²) in [5.74, 6) is 0.540. The van der Waals surface area contributed by atoms with Gasteiger partial charge < -0.3 is 25.2 Å². The van der Waals surface area contributed by atoms with Crippen molar-refractivity contribution in [1.82, 2.24) is 15.1 Å². The molecule has 0 aliphatic carbocycles. The first-order chi connectivity index (χ1) is 20.2. The van der Waals surface area contributed by atoms with Crippen molar-refractivity contribution in [2.45, 2.75) is 66.7 Å². The third-order valence-electron chi connectivity index (χ3n) is 5.95. The Hall–Kier alpha value is -3.03. The van der Waals surface area contributed by atoms with Gasteiger partial charge in [0.2, 0.25) is 11.8 Å². The molecule has 0 saturated carbocycles. The Morgan fingerprint density at radius 2 is 1.71 bits per heavy atom. The van der Waals surface area contributed by atoms with E-state index in [0.29, 0.717) is 38.3 Å². The first-order valence-corrected chi connectivity index (χ1v) is 16.3. The minimum absolute atomic E-state index is 0.125. The minimum atomic E-state index is -0.264. The van der Waals surface area contributed by atoms with E-state index < -0.39 is 0 Å². The molecule has 0 unspecified atom stereocenters. The molecule has 0 saturated heterocycles. The quantitative estimate of drug-likeness (QED) is 0.165. The first-order valence-electron chi connectivity index (χ1n) is 14.9. The zero-order valence-corrected chi connectivity index (χ0v) is 27.7. The molecule has 10 heteroatoms. The molecule has 1 rings (SSSR count). The number of carbonyl (C=O) groups is 3. The molecule has 0 aliphatic heterocycles. The van der Waals surface area contributed by atoms with Crippen LogP contribution < -0.4 is 10.6 Å². The standard InChI is InChI=1S/C19H33N3O.C8H14N2OS.C5H8O2/c1-4-14-20-18-12-10-17(11-13-18)8-7-9-19(23)21-15-16-22(5-2)6-3;1-3-10(6-4-5-9)8(11)7-12-2;1-3-4-7-5(2)6/h10-13,20H,4-9,14-16H2,1-3H3,(H,21,23);3-4,6-7H2,1-2H3;3H,1,4H2,2H3. The van der Waals surface area contributed by atoms with E-state index in [1.165, 1.54) is 36.0 Å². The summed E-state index contributed by atoms with van der Waals surface area (Å²) in [6.45, 7) is 19.4. The van der Waals surface area contributed by atoms with Crippen molar-refractivity contribution in [3.63, 3.8) is 0 Å². The average Bonchev–Trinajstić information content (AvgIpc) is 2.99. The van der Waals surface area contributed by atoms with E-state index in [1.54, 1.807) is 4.90 Å². The lowest BCUT2D eigenvalue weighted by Crippen LogP contribution is -2.34. The number of carbonyl (C=O) groups excluding carboxylic acids is 3. The van der Waals surface area contributed by atoms with Crippen LogP contribution in [-0.4, -0.2) is 92.0 Å². The number of nitrogens with one attached hydrogen (secondary N) is 2. The zero-order valence-electron chi connectivity index (χ0n) is 26.9. The molecule has 1 aromatic carbocycles. The van der Waals surface area contributed by atoms with Crippen LogP contribution >= 0.6 is 11.8 Å². The van der Waals surface area contributed by atoms with Gasteiger partial charge in [0.25, 0.3) is 0 Å². The molecule has 2 N–H and O–H groups in total. The SMILES string of the molecule is C=CCOC(C)=O.CCCNc1ccc(CCCC(=O)NCCN(CC)CC)cc1.CCN(CCC#N)C(=O)CSC. The van der Waals surface area contributed by atoms with Crippen molar-refractivity contribution in [1.29, 1.82) is 5.26 Å². The van der Waals surface area contributed by atoms with Crippen LogP contribution in [0.2, 0.25) is 0 Å². The fourth-order valence-electron chi connectivity index (χ4n) is 3.53. The number of amides is 2. The molecule has 0 radical (unpaired) electrons. The first kappa shape index (κ1) is 41.1. The zero-order chi connectivity index (χ0) is 32.0. The van der Waals surface area contributed by atoms with E-state index in [4.69, 9.17) is 5.26 Å². The van der Waals surface area contributed by atoms with Crippen molar-refractivity contribution in [2.24, 2.45) is 0 Å². The summed E-state index contributed by atoms with van der Waals surface area (Å²) >= 11 is 1.51. The van der Waals surface area contributed by atoms with Gasteiger partial charge in [-0.15, -0.1) is 0 Å². The van der Waals surface area contributed by atoms with Gasteiger partial charge in [-0.2, -0.15) is 17.0 Å². The van der Waals surface area contributed by atoms with Crippen LogP contribution in [0.1, 0.15) is 65.9 Å². The van der Waals surface area contributed by atoms with Gasteiger partial charge in [-0.3, -0.25) is 14.4 Å². The van der Waals surface area contributed by atoms with Crippen molar-refractivity contribution in [3.8, 4) is 6.07 Å². The highest BCUT2D eigenvalue weighted by Crippen LogP contribution is 2.11. The topological polar surface area (TPSA) is 115 Å². The number of benzene rings is 1. The minimum Gasteiger partial charge on any atom is -0.462 e. The second kappa shape index (κ2) is 29.5. The van der Waals surface area contributed by atoms with Gasteiger partial charge in [0.15, 0.2) is 0 Å². The summed E-state index contributed by atoms with van der Waals surface area (Å²) in [4.78, 5) is 37.1. The van der Waals surface area contributed by atoms with E-state index in [9.17, 15) is 14.4 Å². The highest BCUT2D eigenvalue weighted by atomic mass is 32.2. The Morgan fingerprint density at radius 3 is 2.19 bits per heavy atom. The number of nitrogens with zero attached hydrogens (tertiary/aromatic N) is 3. The van der Waals surface area contributed by atoms with Crippen molar-refractivity contribution >= 4 is 35.2 Å². The molecule has 0 bridgehead atoms. The number of hydrogen-bond acceptors (Lipinski definition) is 8. The molecule has 0 heterocycles. The van der Waals surface area contributed by atoms with Crippen LogP contribution in [0, 0.1) is 11.3 Å². The van der Waals surface area contributed by atoms with Crippen LogP contribution in [0.3, 0.4) is 0 Å².